The highest BCUT2D eigenvalue weighted by atomic mass is 16.3. The van der Waals surface area contributed by atoms with Crippen molar-refractivity contribution in [3.8, 4) is 0 Å². The second-order valence-corrected chi connectivity index (χ2v) is 2.96. The maximum Gasteiger partial charge on any atom is 0.236 e. The van der Waals surface area contributed by atoms with Crippen LogP contribution in [-0.4, -0.2) is 54.7 Å². The van der Waals surface area contributed by atoms with Crippen LogP contribution < -0.4 is 11.1 Å². The summed E-state index contributed by atoms with van der Waals surface area (Å²) in [6.45, 7) is 2.27. The molecular formula is C7H15N3O2. The zero-order valence-electron chi connectivity index (χ0n) is 6.99. The molecule has 70 valence electrons. The molecule has 1 rings (SSSR count). The van der Waals surface area contributed by atoms with Crippen LogP contribution >= 0.6 is 0 Å². The van der Waals surface area contributed by atoms with Crippen molar-refractivity contribution in [1.82, 2.24) is 10.2 Å². The molecule has 5 nitrogen and oxygen atoms in total. The van der Waals surface area contributed by atoms with E-state index in [1.807, 2.05) is 0 Å². The molecule has 1 heterocycles. The number of nitrogens with zero attached hydrogens (tertiary/aromatic N) is 1. The van der Waals surface area contributed by atoms with E-state index in [9.17, 15) is 4.79 Å². The Bertz CT molecular complexity index is 163. The van der Waals surface area contributed by atoms with Gasteiger partial charge in [0.2, 0.25) is 5.91 Å². The Morgan fingerprint density at radius 1 is 1.75 bits per heavy atom. The summed E-state index contributed by atoms with van der Waals surface area (Å²) < 4.78 is 0. The molecule has 5 heteroatoms. The predicted octanol–water partition coefficient (Wildman–Crippen LogP) is -2.26. The van der Waals surface area contributed by atoms with Crippen molar-refractivity contribution in [1.29, 1.82) is 0 Å². The first kappa shape index (κ1) is 9.44. The van der Waals surface area contributed by atoms with Gasteiger partial charge in [-0.3, -0.25) is 4.79 Å². The van der Waals surface area contributed by atoms with Gasteiger partial charge in [-0.05, 0) is 0 Å². The average molecular weight is 173 g/mol. The Hall–Kier alpha value is -0.650. The van der Waals surface area contributed by atoms with E-state index in [1.165, 1.54) is 0 Å². The number of hydrogen-bond donors (Lipinski definition) is 3. The van der Waals surface area contributed by atoms with E-state index in [4.69, 9.17) is 10.8 Å². The number of amides is 1. The lowest BCUT2D eigenvalue weighted by Gasteiger charge is -2.29. The molecule has 4 N–H and O–H groups in total. The number of nitrogens with one attached hydrogen (secondary N) is 1. The van der Waals surface area contributed by atoms with Crippen molar-refractivity contribution in [3.63, 3.8) is 0 Å². The summed E-state index contributed by atoms with van der Waals surface area (Å²) in [5, 5.41) is 11.6. The fourth-order valence-electron chi connectivity index (χ4n) is 1.18. The van der Waals surface area contributed by atoms with Gasteiger partial charge in [0.1, 0.15) is 0 Å². The lowest BCUT2D eigenvalue weighted by atomic mass is 10.2. The van der Waals surface area contributed by atoms with E-state index in [-0.39, 0.29) is 18.6 Å². The lowest BCUT2D eigenvalue weighted by Crippen LogP contribution is -2.52. The van der Waals surface area contributed by atoms with Crippen LogP contribution in [0.1, 0.15) is 0 Å². The predicted molar refractivity (Wildman–Crippen MR) is 44.5 cm³/mol. The van der Waals surface area contributed by atoms with E-state index < -0.39 is 0 Å². The van der Waals surface area contributed by atoms with E-state index in [0.29, 0.717) is 19.6 Å². The highest BCUT2D eigenvalue weighted by Gasteiger charge is 2.18. The lowest BCUT2D eigenvalue weighted by molar-refractivity contribution is -0.132. The van der Waals surface area contributed by atoms with Gasteiger partial charge >= 0.3 is 0 Å². The standard InChI is InChI=1S/C7H15N3O2/c8-6(5-11)4-10-2-1-9-3-7(10)12/h6,9,11H,1-5,8H2. The first-order chi connectivity index (χ1) is 5.74. The molecule has 1 fully saturated rings. The number of rotatable bonds is 3. The van der Waals surface area contributed by atoms with Gasteiger partial charge in [0.15, 0.2) is 0 Å². The minimum absolute atomic E-state index is 0.0603. The summed E-state index contributed by atoms with van der Waals surface area (Å²) in [7, 11) is 0. The third kappa shape index (κ3) is 2.44. The largest absolute Gasteiger partial charge is 0.395 e. The third-order valence-corrected chi connectivity index (χ3v) is 1.88. The molecule has 12 heavy (non-hydrogen) atoms. The van der Waals surface area contributed by atoms with Gasteiger partial charge < -0.3 is 21.1 Å². The summed E-state index contributed by atoms with van der Waals surface area (Å²) in [5.41, 5.74) is 5.50. The molecule has 1 unspecified atom stereocenters. The van der Waals surface area contributed by atoms with Crippen LogP contribution in [0, 0.1) is 0 Å². The molecule has 1 aliphatic heterocycles. The Morgan fingerprint density at radius 2 is 2.50 bits per heavy atom. The van der Waals surface area contributed by atoms with Crippen molar-refractivity contribution in [3.05, 3.63) is 0 Å². The molecular weight excluding hydrogens is 158 g/mol. The van der Waals surface area contributed by atoms with E-state index in [1.54, 1.807) is 4.90 Å². The van der Waals surface area contributed by atoms with Crippen LogP contribution in [0.3, 0.4) is 0 Å². The van der Waals surface area contributed by atoms with E-state index in [2.05, 4.69) is 5.32 Å². The Balaban J connectivity index is 2.34. The summed E-state index contributed by atoms with van der Waals surface area (Å²) in [6.07, 6.45) is 0. The summed E-state index contributed by atoms with van der Waals surface area (Å²) in [5.74, 6) is 0.0603. The SMILES string of the molecule is NC(CO)CN1CCNCC1=O. The monoisotopic (exact) mass is 173 g/mol. The fraction of sp³-hybridized carbons (Fsp3) is 0.857. The molecule has 0 aromatic heterocycles. The molecule has 0 aliphatic carbocycles. The minimum atomic E-state index is -0.313. The third-order valence-electron chi connectivity index (χ3n) is 1.88. The van der Waals surface area contributed by atoms with E-state index in [0.717, 1.165) is 6.54 Å². The smallest absolute Gasteiger partial charge is 0.236 e. The molecule has 0 aromatic rings. The molecule has 1 aliphatic rings. The second kappa shape index (κ2) is 4.39. The summed E-state index contributed by atoms with van der Waals surface area (Å²) in [4.78, 5) is 12.8. The van der Waals surface area contributed by atoms with Gasteiger partial charge in [-0.2, -0.15) is 0 Å². The number of carbonyl (C=O) groups is 1. The Labute approximate surface area is 71.5 Å². The molecule has 0 spiro atoms. The summed E-state index contributed by atoms with van der Waals surface area (Å²) in [6, 6.07) is -0.313. The van der Waals surface area contributed by atoms with Crippen molar-refractivity contribution in [2.45, 2.75) is 6.04 Å². The number of hydrogen-bond acceptors (Lipinski definition) is 4. The second-order valence-electron chi connectivity index (χ2n) is 2.96. The summed E-state index contributed by atoms with van der Waals surface area (Å²) >= 11 is 0. The number of carbonyl (C=O) groups excluding carboxylic acids is 1. The molecule has 1 amide bonds. The fourth-order valence-corrected chi connectivity index (χ4v) is 1.18. The van der Waals surface area contributed by atoms with Crippen LogP contribution in [0.2, 0.25) is 0 Å². The molecule has 0 radical (unpaired) electrons. The van der Waals surface area contributed by atoms with Gasteiger partial charge in [-0.25, -0.2) is 0 Å². The van der Waals surface area contributed by atoms with Gasteiger partial charge in [-0.1, -0.05) is 0 Å². The van der Waals surface area contributed by atoms with Crippen LogP contribution in [0.25, 0.3) is 0 Å². The zero-order valence-corrected chi connectivity index (χ0v) is 6.99. The Kier molecular flexibility index (Phi) is 3.46. The van der Waals surface area contributed by atoms with Crippen LogP contribution in [0.4, 0.5) is 0 Å². The molecule has 0 bridgehead atoms. The first-order valence-corrected chi connectivity index (χ1v) is 4.09. The first-order valence-electron chi connectivity index (χ1n) is 4.09. The van der Waals surface area contributed by atoms with Crippen molar-refractivity contribution >= 4 is 5.91 Å². The van der Waals surface area contributed by atoms with Crippen LogP contribution in [0.15, 0.2) is 0 Å². The van der Waals surface area contributed by atoms with Gasteiger partial charge in [0.25, 0.3) is 0 Å². The van der Waals surface area contributed by atoms with E-state index >= 15 is 0 Å². The minimum Gasteiger partial charge on any atom is -0.395 e. The molecule has 1 saturated heterocycles. The van der Waals surface area contributed by atoms with Crippen molar-refractivity contribution in [2.24, 2.45) is 5.73 Å². The van der Waals surface area contributed by atoms with Crippen molar-refractivity contribution < 1.29 is 9.90 Å². The maximum atomic E-state index is 11.2. The van der Waals surface area contributed by atoms with Crippen molar-refractivity contribution in [2.75, 3.05) is 32.8 Å². The number of nitrogens with two attached hydrogens (primary N) is 1. The molecule has 1 atom stereocenters. The number of aliphatic hydroxyl groups is 1. The van der Waals surface area contributed by atoms with Crippen LogP contribution in [-0.2, 0) is 4.79 Å². The number of aliphatic hydroxyl groups excluding tert-OH is 1. The highest BCUT2D eigenvalue weighted by molar-refractivity contribution is 5.79. The highest BCUT2D eigenvalue weighted by Crippen LogP contribution is 1.95. The molecule has 0 aromatic carbocycles. The number of piperazine rings is 1. The Morgan fingerprint density at radius 3 is 3.08 bits per heavy atom. The van der Waals surface area contributed by atoms with Gasteiger partial charge in [-0.15, -0.1) is 0 Å². The molecule has 0 saturated carbocycles. The van der Waals surface area contributed by atoms with Gasteiger partial charge in [0.05, 0.1) is 13.2 Å². The normalized spacial score (nSPS) is 21.2. The van der Waals surface area contributed by atoms with Crippen LogP contribution in [0.5, 0.6) is 0 Å². The maximum absolute atomic E-state index is 11.2. The zero-order chi connectivity index (χ0) is 8.97. The average Bonchev–Trinajstić information content (AvgIpc) is 2.09. The topological polar surface area (TPSA) is 78.6 Å². The quantitative estimate of drug-likeness (QED) is 0.450. The van der Waals surface area contributed by atoms with Gasteiger partial charge in [0, 0.05) is 25.7 Å².